The summed E-state index contributed by atoms with van der Waals surface area (Å²) in [4.78, 5) is 15.5. The molecule has 0 spiro atoms. The molecular formula is C10H10N2O2S. The summed E-state index contributed by atoms with van der Waals surface area (Å²) in [7, 11) is 0. The summed E-state index contributed by atoms with van der Waals surface area (Å²) in [5, 5.41) is 8.70. The van der Waals surface area contributed by atoms with E-state index in [0.717, 1.165) is 0 Å². The van der Waals surface area contributed by atoms with Crippen molar-refractivity contribution in [3.05, 3.63) is 23.5 Å². The molecule has 0 saturated heterocycles. The lowest BCUT2D eigenvalue weighted by molar-refractivity contribution is -0.142. The Hall–Kier alpha value is -1.54. The third-order valence-electron chi connectivity index (χ3n) is 1.75. The van der Waals surface area contributed by atoms with Crippen LogP contribution in [0.5, 0.6) is 0 Å². The van der Waals surface area contributed by atoms with E-state index in [9.17, 15) is 4.79 Å². The third-order valence-corrected chi connectivity index (χ3v) is 2.25. The van der Waals surface area contributed by atoms with Gasteiger partial charge in [0.05, 0.1) is 13.0 Å². The summed E-state index contributed by atoms with van der Waals surface area (Å²) < 4.78 is 4.80. The summed E-state index contributed by atoms with van der Waals surface area (Å²) in [5.74, 6) is -0.331. The van der Waals surface area contributed by atoms with Crippen molar-refractivity contribution in [1.29, 1.82) is 5.26 Å². The van der Waals surface area contributed by atoms with Crippen LogP contribution >= 0.6 is 12.6 Å². The predicted molar refractivity (Wildman–Crippen MR) is 56.5 cm³/mol. The van der Waals surface area contributed by atoms with Crippen molar-refractivity contribution < 1.29 is 9.53 Å². The minimum absolute atomic E-state index is 0.115. The van der Waals surface area contributed by atoms with Gasteiger partial charge in [-0.3, -0.25) is 4.79 Å². The Labute approximate surface area is 93.3 Å². The smallest absolute Gasteiger partial charge is 0.310 e. The van der Waals surface area contributed by atoms with Crippen LogP contribution in [0.15, 0.2) is 17.2 Å². The number of esters is 1. The van der Waals surface area contributed by atoms with Crippen molar-refractivity contribution in [2.45, 2.75) is 18.2 Å². The van der Waals surface area contributed by atoms with Crippen molar-refractivity contribution in [2.75, 3.05) is 6.61 Å². The van der Waals surface area contributed by atoms with Gasteiger partial charge in [0.15, 0.2) is 5.69 Å². The SMILES string of the molecule is CCOC(=O)Cc1ccnc(C#N)c1S. The Morgan fingerprint density at radius 2 is 2.47 bits per heavy atom. The highest BCUT2D eigenvalue weighted by atomic mass is 32.1. The van der Waals surface area contributed by atoms with Crippen molar-refractivity contribution in [1.82, 2.24) is 4.98 Å². The van der Waals surface area contributed by atoms with Crippen LogP contribution in [0.4, 0.5) is 0 Å². The second-order valence-corrected chi connectivity index (χ2v) is 3.21. The molecule has 4 nitrogen and oxygen atoms in total. The van der Waals surface area contributed by atoms with Gasteiger partial charge in [0.25, 0.3) is 0 Å². The molecule has 0 saturated carbocycles. The van der Waals surface area contributed by atoms with Gasteiger partial charge in [0.1, 0.15) is 6.07 Å². The van der Waals surface area contributed by atoms with Crippen LogP contribution in [0.3, 0.4) is 0 Å². The number of nitrogens with zero attached hydrogens (tertiary/aromatic N) is 2. The number of nitriles is 1. The maximum Gasteiger partial charge on any atom is 0.310 e. The summed E-state index contributed by atoms with van der Waals surface area (Å²) in [6, 6.07) is 3.55. The Morgan fingerprint density at radius 1 is 1.73 bits per heavy atom. The van der Waals surface area contributed by atoms with Crippen LogP contribution in [0.25, 0.3) is 0 Å². The molecule has 1 rings (SSSR count). The molecule has 1 aromatic rings. The zero-order valence-corrected chi connectivity index (χ0v) is 9.12. The largest absolute Gasteiger partial charge is 0.466 e. The first-order chi connectivity index (χ1) is 7.19. The van der Waals surface area contributed by atoms with Gasteiger partial charge in [-0.25, -0.2) is 4.98 Å². The molecule has 1 heterocycles. The maximum atomic E-state index is 11.2. The van der Waals surface area contributed by atoms with Gasteiger partial charge < -0.3 is 4.74 Å². The van der Waals surface area contributed by atoms with Crippen LogP contribution in [0.1, 0.15) is 18.2 Å². The first kappa shape index (κ1) is 11.5. The fraction of sp³-hybridized carbons (Fsp3) is 0.300. The van der Waals surface area contributed by atoms with Gasteiger partial charge in [0, 0.05) is 11.1 Å². The minimum atomic E-state index is -0.331. The van der Waals surface area contributed by atoms with Gasteiger partial charge in [0.2, 0.25) is 0 Å². The van der Waals surface area contributed by atoms with E-state index >= 15 is 0 Å². The first-order valence-electron chi connectivity index (χ1n) is 4.41. The molecule has 0 aliphatic carbocycles. The number of rotatable bonds is 3. The van der Waals surface area contributed by atoms with Crippen LogP contribution in [-0.4, -0.2) is 17.6 Å². The zero-order valence-electron chi connectivity index (χ0n) is 8.23. The molecule has 0 radical (unpaired) electrons. The van der Waals surface area contributed by atoms with E-state index in [1.807, 2.05) is 6.07 Å². The minimum Gasteiger partial charge on any atom is -0.466 e. The molecule has 15 heavy (non-hydrogen) atoms. The highest BCUT2D eigenvalue weighted by Gasteiger charge is 2.10. The molecule has 0 fully saturated rings. The zero-order chi connectivity index (χ0) is 11.3. The third kappa shape index (κ3) is 2.96. The van der Waals surface area contributed by atoms with Crippen molar-refractivity contribution in [2.24, 2.45) is 0 Å². The van der Waals surface area contributed by atoms with Crippen molar-refractivity contribution in [3.8, 4) is 6.07 Å². The predicted octanol–water partition coefficient (Wildman–Crippen LogP) is 1.35. The number of pyridine rings is 1. The first-order valence-corrected chi connectivity index (χ1v) is 4.86. The maximum absolute atomic E-state index is 11.2. The molecule has 0 bridgehead atoms. The normalized spacial score (nSPS) is 9.40. The van der Waals surface area contributed by atoms with E-state index in [2.05, 4.69) is 17.6 Å². The quantitative estimate of drug-likeness (QED) is 0.619. The van der Waals surface area contributed by atoms with Crippen LogP contribution < -0.4 is 0 Å². The molecule has 0 aliphatic heterocycles. The van der Waals surface area contributed by atoms with E-state index in [4.69, 9.17) is 10.00 Å². The summed E-state index contributed by atoms with van der Waals surface area (Å²) in [6.07, 6.45) is 1.59. The highest BCUT2D eigenvalue weighted by Crippen LogP contribution is 2.17. The number of thiol groups is 1. The van der Waals surface area contributed by atoms with Gasteiger partial charge in [-0.2, -0.15) is 5.26 Å². The molecule has 0 amide bonds. The van der Waals surface area contributed by atoms with E-state index in [-0.39, 0.29) is 18.1 Å². The molecule has 0 aliphatic rings. The fourth-order valence-electron chi connectivity index (χ4n) is 1.09. The number of carbonyl (C=O) groups is 1. The Morgan fingerprint density at radius 3 is 3.07 bits per heavy atom. The van der Waals surface area contributed by atoms with Gasteiger partial charge in [-0.1, -0.05) is 0 Å². The lowest BCUT2D eigenvalue weighted by Gasteiger charge is -2.05. The van der Waals surface area contributed by atoms with Crippen molar-refractivity contribution >= 4 is 18.6 Å². The topological polar surface area (TPSA) is 63.0 Å². The monoisotopic (exact) mass is 222 g/mol. The lowest BCUT2D eigenvalue weighted by Crippen LogP contribution is -2.08. The molecule has 0 unspecified atom stereocenters. The number of aromatic nitrogens is 1. The molecule has 1 aromatic heterocycles. The summed E-state index contributed by atoms with van der Waals surface area (Å²) >= 11 is 4.14. The van der Waals surface area contributed by atoms with E-state index in [1.54, 1.807) is 13.0 Å². The molecule has 0 aromatic carbocycles. The summed E-state index contributed by atoms with van der Waals surface area (Å²) in [5.41, 5.74) is 0.878. The van der Waals surface area contributed by atoms with E-state index < -0.39 is 0 Å². The van der Waals surface area contributed by atoms with Crippen LogP contribution in [-0.2, 0) is 16.0 Å². The molecule has 78 valence electrons. The average Bonchev–Trinajstić information content (AvgIpc) is 2.21. The second kappa shape index (κ2) is 5.37. The van der Waals surface area contributed by atoms with Gasteiger partial charge >= 0.3 is 5.97 Å². The lowest BCUT2D eigenvalue weighted by atomic mass is 10.1. The Bertz CT molecular complexity index is 412. The molecule has 0 atom stereocenters. The standard InChI is InChI=1S/C10H10N2O2S/c1-2-14-9(13)5-7-3-4-12-8(6-11)10(7)15/h3-4,15H,2,5H2,1H3. The second-order valence-electron chi connectivity index (χ2n) is 2.76. The average molecular weight is 222 g/mol. The van der Waals surface area contributed by atoms with Crippen LogP contribution in [0.2, 0.25) is 0 Å². The molecule has 5 heteroatoms. The highest BCUT2D eigenvalue weighted by molar-refractivity contribution is 7.80. The van der Waals surface area contributed by atoms with E-state index in [0.29, 0.717) is 17.1 Å². The number of hydrogen-bond donors (Lipinski definition) is 1. The summed E-state index contributed by atoms with van der Waals surface area (Å²) in [6.45, 7) is 2.09. The number of ether oxygens (including phenoxy) is 1. The van der Waals surface area contributed by atoms with Gasteiger partial charge in [-0.05, 0) is 18.6 Å². The van der Waals surface area contributed by atoms with Gasteiger partial charge in [-0.15, -0.1) is 12.6 Å². The Kier molecular flexibility index (Phi) is 4.13. The molecular weight excluding hydrogens is 212 g/mol. The number of carbonyl (C=O) groups excluding carboxylic acids is 1. The van der Waals surface area contributed by atoms with Crippen molar-refractivity contribution in [3.63, 3.8) is 0 Å². The number of hydrogen-bond acceptors (Lipinski definition) is 5. The van der Waals surface area contributed by atoms with Crippen LogP contribution in [0, 0.1) is 11.3 Å². The van der Waals surface area contributed by atoms with E-state index in [1.165, 1.54) is 6.20 Å². The molecule has 0 N–H and O–H groups in total. The Balaban J connectivity index is 2.87. The fourth-order valence-corrected chi connectivity index (χ4v) is 1.35.